The van der Waals surface area contributed by atoms with Crippen LogP contribution >= 0.6 is 0 Å². The van der Waals surface area contributed by atoms with Crippen LogP contribution in [0.5, 0.6) is 0 Å². The van der Waals surface area contributed by atoms with E-state index in [2.05, 4.69) is 19.2 Å². The highest BCUT2D eigenvalue weighted by Gasteiger charge is 2.13. The fourth-order valence-electron chi connectivity index (χ4n) is 1.49. The van der Waals surface area contributed by atoms with E-state index in [0.717, 1.165) is 18.6 Å². The molecule has 0 atom stereocenters. The topological polar surface area (TPSA) is 45.5 Å². The van der Waals surface area contributed by atoms with Crippen molar-refractivity contribution in [1.29, 1.82) is 0 Å². The summed E-state index contributed by atoms with van der Waals surface area (Å²) in [6.45, 7) is 4.64. The Morgan fingerprint density at radius 1 is 1.50 bits per heavy atom. The molecule has 4 heteroatoms. The minimum atomic E-state index is -0.0508. The second-order valence-corrected chi connectivity index (χ2v) is 3.90. The second-order valence-electron chi connectivity index (χ2n) is 3.90. The number of carbonyl (C=O) groups is 1. The normalized spacial score (nSPS) is 10.5. The number of rotatable bonds is 5. The van der Waals surface area contributed by atoms with E-state index in [1.54, 1.807) is 18.2 Å². The lowest BCUT2D eigenvalue weighted by Gasteiger charge is -2.21. The molecular weight excluding hydrogens is 204 g/mol. The summed E-state index contributed by atoms with van der Waals surface area (Å²) in [5.74, 6) is 0.794. The van der Waals surface area contributed by atoms with Crippen LogP contribution in [0, 0.1) is 0 Å². The van der Waals surface area contributed by atoms with Gasteiger partial charge >= 0.3 is 6.03 Å². The number of nitrogens with one attached hydrogen (secondary N) is 1. The summed E-state index contributed by atoms with van der Waals surface area (Å²) < 4.78 is 5.19. The fourth-order valence-corrected chi connectivity index (χ4v) is 1.49. The van der Waals surface area contributed by atoms with E-state index < -0.39 is 0 Å². The first kappa shape index (κ1) is 12.6. The molecule has 1 heterocycles. The summed E-state index contributed by atoms with van der Waals surface area (Å²) >= 11 is 0. The van der Waals surface area contributed by atoms with Gasteiger partial charge in [0.15, 0.2) is 0 Å². The number of hydrogen-bond acceptors (Lipinski definition) is 2. The smallest absolute Gasteiger partial charge is 0.317 e. The van der Waals surface area contributed by atoms with E-state index in [1.807, 2.05) is 12.1 Å². The Bertz CT molecular complexity index is 305. The molecular formula is C12H20N2O2. The highest BCUT2D eigenvalue weighted by molar-refractivity contribution is 5.74. The van der Waals surface area contributed by atoms with Gasteiger partial charge in [-0.05, 0) is 25.0 Å². The molecule has 1 aromatic rings. The van der Waals surface area contributed by atoms with E-state index in [0.29, 0.717) is 6.54 Å². The van der Waals surface area contributed by atoms with Crippen LogP contribution in [0.25, 0.3) is 0 Å². The molecule has 0 fully saturated rings. The lowest BCUT2D eigenvalue weighted by atomic mass is 10.2. The monoisotopic (exact) mass is 224 g/mol. The summed E-state index contributed by atoms with van der Waals surface area (Å²) in [6.07, 6.45) is 3.52. The van der Waals surface area contributed by atoms with Gasteiger partial charge in [0, 0.05) is 13.1 Å². The molecule has 0 aliphatic rings. The van der Waals surface area contributed by atoms with Gasteiger partial charge in [-0.25, -0.2) is 4.79 Å². The van der Waals surface area contributed by atoms with Crippen molar-refractivity contribution in [3.05, 3.63) is 24.2 Å². The molecule has 1 N–H and O–H groups in total. The molecule has 90 valence electrons. The van der Waals surface area contributed by atoms with Crippen LogP contribution in [-0.2, 0) is 6.54 Å². The molecule has 0 saturated heterocycles. The number of amides is 2. The van der Waals surface area contributed by atoms with E-state index in [-0.39, 0.29) is 12.1 Å². The molecule has 4 nitrogen and oxygen atoms in total. The maximum Gasteiger partial charge on any atom is 0.317 e. The maximum atomic E-state index is 11.8. The first-order valence-corrected chi connectivity index (χ1v) is 5.71. The molecule has 0 aliphatic carbocycles. The summed E-state index contributed by atoms with van der Waals surface area (Å²) in [5, 5.41) is 2.97. The third-order valence-corrected chi connectivity index (χ3v) is 2.63. The first-order valence-electron chi connectivity index (χ1n) is 5.71. The van der Waals surface area contributed by atoms with Gasteiger partial charge in [-0.15, -0.1) is 0 Å². The van der Waals surface area contributed by atoms with Gasteiger partial charge in [0.25, 0.3) is 0 Å². The van der Waals surface area contributed by atoms with Crippen molar-refractivity contribution in [2.24, 2.45) is 0 Å². The number of carbonyl (C=O) groups excluding carboxylic acids is 1. The van der Waals surface area contributed by atoms with Crippen LogP contribution in [0.3, 0.4) is 0 Å². The second kappa shape index (κ2) is 6.20. The molecule has 1 aromatic heterocycles. The molecule has 0 aliphatic heterocycles. The summed E-state index contributed by atoms with van der Waals surface area (Å²) in [5.41, 5.74) is 0. The van der Waals surface area contributed by atoms with Crippen molar-refractivity contribution in [3.63, 3.8) is 0 Å². The van der Waals surface area contributed by atoms with Crippen LogP contribution in [0.1, 0.15) is 32.4 Å². The maximum absolute atomic E-state index is 11.8. The average Bonchev–Trinajstić information content (AvgIpc) is 2.78. The van der Waals surface area contributed by atoms with Crippen molar-refractivity contribution in [3.8, 4) is 0 Å². The number of hydrogen-bond donors (Lipinski definition) is 1. The van der Waals surface area contributed by atoms with Gasteiger partial charge in [0.05, 0.1) is 12.8 Å². The Balaban J connectivity index is 2.41. The standard InChI is InChI=1S/C12H20N2O2/c1-4-10(5-2)13-12(15)14(3)9-11-7-6-8-16-11/h6-8,10H,4-5,9H2,1-3H3,(H,13,15). The first-order chi connectivity index (χ1) is 7.67. The van der Waals surface area contributed by atoms with E-state index in [1.165, 1.54) is 0 Å². The molecule has 0 spiro atoms. The fraction of sp³-hybridized carbons (Fsp3) is 0.583. The highest BCUT2D eigenvalue weighted by Crippen LogP contribution is 2.04. The lowest BCUT2D eigenvalue weighted by Crippen LogP contribution is -2.42. The summed E-state index contributed by atoms with van der Waals surface area (Å²) in [7, 11) is 1.76. The van der Waals surface area contributed by atoms with Gasteiger partial charge in [0.2, 0.25) is 0 Å². The van der Waals surface area contributed by atoms with Crippen LogP contribution in [0.4, 0.5) is 4.79 Å². The predicted octanol–water partition coefficient (Wildman–Crippen LogP) is 2.61. The highest BCUT2D eigenvalue weighted by atomic mass is 16.3. The van der Waals surface area contributed by atoms with Gasteiger partial charge < -0.3 is 14.6 Å². The molecule has 1 rings (SSSR count). The Morgan fingerprint density at radius 2 is 2.19 bits per heavy atom. The van der Waals surface area contributed by atoms with Gasteiger partial charge in [-0.2, -0.15) is 0 Å². The zero-order chi connectivity index (χ0) is 12.0. The Morgan fingerprint density at radius 3 is 2.69 bits per heavy atom. The van der Waals surface area contributed by atoms with E-state index in [9.17, 15) is 4.79 Å². The van der Waals surface area contributed by atoms with E-state index in [4.69, 9.17) is 4.42 Å². The van der Waals surface area contributed by atoms with Crippen molar-refractivity contribution >= 4 is 6.03 Å². The third-order valence-electron chi connectivity index (χ3n) is 2.63. The lowest BCUT2D eigenvalue weighted by molar-refractivity contribution is 0.198. The molecule has 0 saturated carbocycles. The van der Waals surface area contributed by atoms with Crippen molar-refractivity contribution in [2.75, 3.05) is 7.05 Å². The quantitative estimate of drug-likeness (QED) is 0.835. The number of nitrogens with zero attached hydrogens (tertiary/aromatic N) is 1. The van der Waals surface area contributed by atoms with Gasteiger partial charge in [-0.1, -0.05) is 13.8 Å². The average molecular weight is 224 g/mol. The van der Waals surface area contributed by atoms with Crippen LogP contribution in [-0.4, -0.2) is 24.0 Å². The zero-order valence-electron chi connectivity index (χ0n) is 10.2. The Kier molecular flexibility index (Phi) is 4.89. The molecule has 0 unspecified atom stereocenters. The summed E-state index contributed by atoms with van der Waals surface area (Å²) in [6, 6.07) is 3.89. The number of furan rings is 1. The SMILES string of the molecule is CCC(CC)NC(=O)N(C)Cc1ccco1. The molecule has 0 aromatic carbocycles. The van der Waals surface area contributed by atoms with Crippen LogP contribution in [0.15, 0.2) is 22.8 Å². The predicted molar refractivity (Wildman–Crippen MR) is 63.1 cm³/mol. The Hall–Kier alpha value is -1.45. The molecule has 0 radical (unpaired) electrons. The van der Waals surface area contributed by atoms with Crippen LogP contribution < -0.4 is 5.32 Å². The van der Waals surface area contributed by atoms with Crippen molar-refractivity contribution in [1.82, 2.24) is 10.2 Å². The van der Waals surface area contributed by atoms with Crippen LogP contribution in [0.2, 0.25) is 0 Å². The van der Waals surface area contributed by atoms with Crippen molar-refractivity contribution in [2.45, 2.75) is 39.3 Å². The van der Waals surface area contributed by atoms with Crippen molar-refractivity contribution < 1.29 is 9.21 Å². The van der Waals surface area contributed by atoms with E-state index >= 15 is 0 Å². The number of urea groups is 1. The minimum absolute atomic E-state index is 0.0508. The van der Waals surface area contributed by atoms with Gasteiger partial charge in [0.1, 0.15) is 5.76 Å². The molecule has 16 heavy (non-hydrogen) atoms. The molecule has 2 amide bonds. The van der Waals surface area contributed by atoms with Gasteiger partial charge in [-0.3, -0.25) is 0 Å². The summed E-state index contributed by atoms with van der Waals surface area (Å²) in [4.78, 5) is 13.4. The zero-order valence-corrected chi connectivity index (χ0v) is 10.2. The Labute approximate surface area is 96.6 Å². The minimum Gasteiger partial charge on any atom is -0.467 e. The largest absolute Gasteiger partial charge is 0.467 e. The third kappa shape index (κ3) is 3.61. The molecule has 0 bridgehead atoms.